The molecular weight excluding hydrogens is 313 g/mol. The van der Waals surface area contributed by atoms with Crippen molar-refractivity contribution in [1.29, 1.82) is 5.26 Å². The van der Waals surface area contributed by atoms with Crippen molar-refractivity contribution in [2.45, 2.75) is 12.8 Å². The van der Waals surface area contributed by atoms with Gasteiger partial charge in [-0.1, -0.05) is 36.4 Å². The Morgan fingerprint density at radius 3 is 1.91 bits per heavy atom. The van der Waals surface area contributed by atoms with Crippen LogP contribution >= 0.6 is 7.60 Å². The summed E-state index contributed by atoms with van der Waals surface area (Å²) in [6.45, 7) is 1.49. The van der Waals surface area contributed by atoms with Gasteiger partial charge < -0.3 is 14.2 Å². The number of nitriles is 1. The molecule has 0 saturated heterocycles. The van der Waals surface area contributed by atoms with E-state index in [1.165, 1.54) is 6.92 Å². The van der Waals surface area contributed by atoms with E-state index < -0.39 is 13.4 Å². The van der Waals surface area contributed by atoms with Crippen molar-refractivity contribution < 1.29 is 18.7 Å². The maximum atomic E-state index is 13.1. The van der Waals surface area contributed by atoms with Crippen LogP contribution in [0.25, 0.3) is 0 Å². The number of rotatable bonds is 6. The zero-order valence-electron chi connectivity index (χ0n) is 12.5. The third kappa shape index (κ3) is 4.46. The first-order valence-corrected chi connectivity index (χ1v) is 8.50. The lowest BCUT2D eigenvalue weighted by Gasteiger charge is -2.24. The van der Waals surface area contributed by atoms with Crippen LogP contribution in [0, 0.1) is 11.3 Å². The lowest BCUT2D eigenvalue weighted by atomic mass is 10.3. The molecule has 0 aliphatic rings. The fraction of sp³-hybridized carbons (Fsp3) is 0.118. The number of aliphatic hydroxyl groups excluding tert-OH is 1. The zero-order chi connectivity index (χ0) is 16.7. The molecule has 5 nitrogen and oxygen atoms in total. The summed E-state index contributed by atoms with van der Waals surface area (Å²) < 4.78 is 24.1. The molecule has 0 spiro atoms. The van der Waals surface area contributed by atoms with Crippen LogP contribution in [-0.4, -0.2) is 11.0 Å². The van der Waals surface area contributed by atoms with Crippen LogP contribution in [0.5, 0.6) is 11.5 Å². The Kier molecular flexibility index (Phi) is 5.59. The normalized spacial score (nSPS) is 13.0. The third-order valence-corrected chi connectivity index (χ3v) is 4.89. The van der Waals surface area contributed by atoms with Crippen molar-refractivity contribution >= 4 is 7.60 Å². The molecule has 2 aromatic carbocycles. The summed E-state index contributed by atoms with van der Waals surface area (Å²) in [6.07, 6.45) is 1.11. The Bertz CT molecular complexity index is 708. The van der Waals surface area contributed by atoms with Crippen molar-refractivity contribution in [2.75, 3.05) is 0 Å². The minimum Gasteiger partial charge on any atom is -0.414 e. The Morgan fingerprint density at radius 2 is 1.52 bits per heavy atom. The number of hydrogen-bond acceptors (Lipinski definition) is 5. The van der Waals surface area contributed by atoms with Crippen molar-refractivity contribution in [1.82, 2.24) is 0 Å². The summed E-state index contributed by atoms with van der Waals surface area (Å²) >= 11 is 0. The molecule has 0 aliphatic heterocycles. The molecule has 6 heteroatoms. The van der Waals surface area contributed by atoms with E-state index in [0.717, 1.165) is 6.08 Å². The summed E-state index contributed by atoms with van der Waals surface area (Å²) in [6, 6.07) is 18.7. The van der Waals surface area contributed by atoms with Crippen LogP contribution < -0.4 is 9.05 Å². The Morgan fingerprint density at radius 1 is 1.09 bits per heavy atom. The zero-order valence-corrected chi connectivity index (χ0v) is 13.4. The first kappa shape index (κ1) is 16.8. The largest absolute Gasteiger partial charge is 0.463 e. The quantitative estimate of drug-likeness (QED) is 0.637. The highest BCUT2D eigenvalue weighted by Gasteiger charge is 2.39. The summed E-state index contributed by atoms with van der Waals surface area (Å²) in [7, 11) is -4.00. The predicted molar refractivity (Wildman–Crippen MR) is 87.1 cm³/mol. The second kappa shape index (κ2) is 7.64. The van der Waals surface area contributed by atoms with E-state index in [1.807, 2.05) is 0 Å². The maximum Gasteiger partial charge on any atom is 0.463 e. The fourth-order valence-corrected chi connectivity index (χ4v) is 3.44. The third-order valence-electron chi connectivity index (χ3n) is 2.95. The van der Waals surface area contributed by atoms with Gasteiger partial charge in [-0.2, -0.15) is 5.26 Å². The fourth-order valence-electron chi connectivity index (χ4n) is 1.80. The smallest absolute Gasteiger partial charge is 0.414 e. The summed E-state index contributed by atoms with van der Waals surface area (Å²) in [5.74, 6) is -0.950. The van der Waals surface area contributed by atoms with Crippen molar-refractivity contribution in [3.63, 3.8) is 0 Å². The van der Waals surface area contributed by atoms with Gasteiger partial charge in [0, 0.05) is 6.08 Å². The van der Waals surface area contributed by atoms with Gasteiger partial charge in [-0.25, -0.2) is 4.57 Å². The minimum atomic E-state index is -4.00. The molecule has 23 heavy (non-hydrogen) atoms. The van der Waals surface area contributed by atoms with E-state index in [1.54, 1.807) is 66.7 Å². The molecule has 0 amide bonds. The van der Waals surface area contributed by atoms with Gasteiger partial charge >= 0.3 is 7.60 Å². The molecule has 2 aromatic rings. The number of aliphatic hydroxyl groups is 1. The van der Waals surface area contributed by atoms with Crippen molar-refractivity contribution in [3.05, 3.63) is 72.3 Å². The predicted octanol–water partition coefficient (Wildman–Crippen LogP) is 4.13. The van der Waals surface area contributed by atoms with Crippen LogP contribution in [0.1, 0.15) is 6.92 Å². The van der Waals surface area contributed by atoms with Gasteiger partial charge in [0.15, 0.2) is 0 Å². The SMILES string of the molecule is C/C(=C\C#N)C(O)P(=O)(Oc1ccccc1)Oc1ccccc1. The van der Waals surface area contributed by atoms with E-state index in [0.29, 0.717) is 11.5 Å². The van der Waals surface area contributed by atoms with Crippen LogP contribution in [0.4, 0.5) is 0 Å². The second-order valence-electron chi connectivity index (χ2n) is 4.74. The molecule has 0 saturated carbocycles. The highest BCUT2D eigenvalue weighted by molar-refractivity contribution is 7.55. The number of para-hydroxylation sites is 2. The topological polar surface area (TPSA) is 79.5 Å². The van der Waals surface area contributed by atoms with Gasteiger partial charge in [-0.3, -0.25) is 0 Å². The van der Waals surface area contributed by atoms with Crippen molar-refractivity contribution in [3.8, 4) is 17.6 Å². The Hall–Kier alpha value is -2.54. The van der Waals surface area contributed by atoms with Gasteiger partial charge in [0.2, 0.25) is 5.85 Å². The molecule has 118 valence electrons. The van der Waals surface area contributed by atoms with Crippen LogP contribution in [0.3, 0.4) is 0 Å². The minimum absolute atomic E-state index is 0.197. The number of allylic oxidation sites excluding steroid dienone is 1. The second-order valence-corrected chi connectivity index (χ2v) is 6.67. The lowest BCUT2D eigenvalue weighted by Crippen LogP contribution is -2.17. The van der Waals surface area contributed by atoms with E-state index in [2.05, 4.69) is 0 Å². The summed E-state index contributed by atoms with van der Waals surface area (Å²) in [4.78, 5) is 0. The molecule has 0 heterocycles. The average Bonchev–Trinajstić information content (AvgIpc) is 2.56. The number of benzene rings is 2. The molecule has 0 bridgehead atoms. The highest BCUT2D eigenvalue weighted by atomic mass is 31.2. The molecular formula is C17H16NO4P. The van der Waals surface area contributed by atoms with E-state index >= 15 is 0 Å². The molecule has 1 unspecified atom stereocenters. The standard InChI is InChI=1S/C17H16NO4P/c1-14(12-13-18)17(19)23(20,21-15-8-4-2-5-9-15)22-16-10-6-3-7-11-16/h2-12,17,19H,1H3/b14-12+. The summed E-state index contributed by atoms with van der Waals surface area (Å²) in [5, 5.41) is 19.1. The first-order valence-electron chi connectivity index (χ1n) is 6.88. The maximum absolute atomic E-state index is 13.1. The van der Waals surface area contributed by atoms with Crippen LogP contribution in [-0.2, 0) is 4.57 Å². The first-order chi connectivity index (χ1) is 11.0. The Labute approximate surface area is 135 Å². The molecule has 2 rings (SSSR count). The molecule has 0 radical (unpaired) electrons. The molecule has 0 aliphatic carbocycles. The summed E-state index contributed by atoms with van der Waals surface area (Å²) in [5.41, 5.74) is 0.197. The lowest BCUT2D eigenvalue weighted by molar-refractivity contribution is 0.237. The van der Waals surface area contributed by atoms with E-state index in [9.17, 15) is 9.67 Å². The average molecular weight is 329 g/mol. The molecule has 1 atom stereocenters. The number of hydrogen-bond donors (Lipinski definition) is 1. The van der Waals surface area contributed by atoms with Gasteiger partial charge in [0.25, 0.3) is 0 Å². The van der Waals surface area contributed by atoms with Crippen LogP contribution in [0.2, 0.25) is 0 Å². The van der Waals surface area contributed by atoms with Gasteiger partial charge in [-0.05, 0) is 36.8 Å². The molecule has 1 N–H and O–H groups in total. The Balaban J connectivity index is 2.36. The highest BCUT2D eigenvalue weighted by Crippen LogP contribution is 2.53. The number of nitrogens with zero attached hydrogens (tertiary/aromatic N) is 1. The van der Waals surface area contributed by atoms with E-state index in [4.69, 9.17) is 14.3 Å². The van der Waals surface area contributed by atoms with Crippen molar-refractivity contribution in [2.24, 2.45) is 0 Å². The van der Waals surface area contributed by atoms with E-state index in [-0.39, 0.29) is 5.57 Å². The molecule has 0 fully saturated rings. The monoisotopic (exact) mass is 329 g/mol. The van der Waals surface area contributed by atoms with Crippen LogP contribution in [0.15, 0.2) is 72.3 Å². The molecule has 0 aromatic heterocycles. The van der Waals surface area contributed by atoms with Gasteiger partial charge in [0.05, 0.1) is 6.07 Å². The van der Waals surface area contributed by atoms with Gasteiger partial charge in [0.1, 0.15) is 11.5 Å². The van der Waals surface area contributed by atoms with Gasteiger partial charge in [-0.15, -0.1) is 0 Å².